The number of hydrogen-bond acceptors (Lipinski definition) is 7. The van der Waals surface area contributed by atoms with Crippen LogP contribution in [0.15, 0.2) is 34.3 Å². The number of thiophene rings is 1. The number of nitrogens with zero attached hydrogens (tertiary/aromatic N) is 4. The summed E-state index contributed by atoms with van der Waals surface area (Å²) in [7, 11) is 0. The van der Waals surface area contributed by atoms with Crippen molar-refractivity contribution in [3.8, 4) is 21.9 Å². The molecule has 1 aliphatic heterocycles. The maximum Gasteiger partial charge on any atom is 0.226 e. The number of piperidine rings is 1. The smallest absolute Gasteiger partial charge is 0.226 e. The molecule has 0 unspecified atom stereocenters. The molecule has 0 bridgehead atoms. The second-order valence-corrected chi connectivity index (χ2v) is 6.93. The quantitative estimate of drug-likeness (QED) is 0.788. The molecule has 124 valence electrons. The molecule has 4 heterocycles. The normalized spacial score (nSPS) is 18.1. The van der Waals surface area contributed by atoms with E-state index in [1.165, 1.54) is 0 Å². The average molecular weight is 342 g/mol. The van der Waals surface area contributed by atoms with Crippen molar-refractivity contribution in [3.63, 3.8) is 0 Å². The first-order valence-electron chi connectivity index (χ1n) is 7.98. The number of rotatable bonds is 3. The van der Waals surface area contributed by atoms with Gasteiger partial charge in [-0.2, -0.15) is 0 Å². The summed E-state index contributed by atoms with van der Waals surface area (Å²) < 4.78 is 5.41. The molecule has 4 rings (SSSR count). The van der Waals surface area contributed by atoms with Gasteiger partial charge in [0.25, 0.3) is 0 Å². The van der Waals surface area contributed by atoms with Crippen molar-refractivity contribution in [1.82, 2.24) is 15.1 Å². The summed E-state index contributed by atoms with van der Waals surface area (Å²) in [5.74, 6) is 1.32. The van der Waals surface area contributed by atoms with Crippen LogP contribution >= 0.6 is 11.3 Å². The first-order valence-corrected chi connectivity index (χ1v) is 8.86. The Balaban J connectivity index is 1.78. The summed E-state index contributed by atoms with van der Waals surface area (Å²) in [5.41, 5.74) is 2.50. The number of anilines is 1. The van der Waals surface area contributed by atoms with Gasteiger partial charge in [-0.1, -0.05) is 11.2 Å². The van der Waals surface area contributed by atoms with Gasteiger partial charge in [0.15, 0.2) is 5.76 Å². The summed E-state index contributed by atoms with van der Waals surface area (Å²) in [6.45, 7) is 3.33. The van der Waals surface area contributed by atoms with E-state index in [4.69, 9.17) is 9.51 Å². The monoisotopic (exact) mass is 342 g/mol. The van der Waals surface area contributed by atoms with Crippen LogP contribution in [0.2, 0.25) is 0 Å². The van der Waals surface area contributed by atoms with Gasteiger partial charge in [0.05, 0.1) is 27.9 Å². The van der Waals surface area contributed by atoms with Gasteiger partial charge in [-0.15, -0.1) is 11.3 Å². The standard InChI is InChI=1S/C17H18N4O2S/c1-11-8-14(23-20-11)13-9-18-17(21-6-2-4-12(22)10-21)19-16(13)15-5-3-7-24-15/h3,5,7-9,12,22H,2,4,6,10H2,1H3/t12-/m0/s1. The van der Waals surface area contributed by atoms with Gasteiger partial charge < -0.3 is 14.5 Å². The van der Waals surface area contributed by atoms with Crippen molar-refractivity contribution in [2.75, 3.05) is 18.0 Å². The maximum absolute atomic E-state index is 9.91. The fourth-order valence-electron chi connectivity index (χ4n) is 2.93. The maximum atomic E-state index is 9.91. The molecule has 1 fully saturated rings. The van der Waals surface area contributed by atoms with Crippen molar-refractivity contribution in [2.45, 2.75) is 25.9 Å². The highest BCUT2D eigenvalue weighted by molar-refractivity contribution is 7.13. The molecule has 0 amide bonds. The lowest BCUT2D eigenvalue weighted by Crippen LogP contribution is -2.39. The van der Waals surface area contributed by atoms with Crippen molar-refractivity contribution >= 4 is 17.3 Å². The highest BCUT2D eigenvalue weighted by Crippen LogP contribution is 2.34. The molecule has 3 aromatic heterocycles. The first-order chi connectivity index (χ1) is 11.7. The topological polar surface area (TPSA) is 75.3 Å². The molecule has 3 aromatic rings. The average Bonchev–Trinajstić information content (AvgIpc) is 3.26. The van der Waals surface area contributed by atoms with Crippen molar-refractivity contribution in [1.29, 1.82) is 0 Å². The minimum absolute atomic E-state index is 0.316. The van der Waals surface area contributed by atoms with Gasteiger partial charge >= 0.3 is 0 Å². The van der Waals surface area contributed by atoms with Crippen molar-refractivity contribution in [2.24, 2.45) is 0 Å². The second-order valence-electron chi connectivity index (χ2n) is 5.98. The second kappa shape index (κ2) is 6.33. The zero-order chi connectivity index (χ0) is 16.5. The minimum atomic E-state index is -0.316. The molecule has 24 heavy (non-hydrogen) atoms. The summed E-state index contributed by atoms with van der Waals surface area (Å²) in [6, 6.07) is 5.93. The summed E-state index contributed by atoms with van der Waals surface area (Å²) in [6.07, 6.45) is 3.26. The summed E-state index contributed by atoms with van der Waals surface area (Å²) >= 11 is 1.63. The van der Waals surface area contributed by atoms with Crippen molar-refractivity contribution < 1.29 is 9.63 Å². The third-order valence-corrected chi connectivity index (χ3v) is 4.98. The van der Waals surface area contributed by atoms with Crippen LogP contribution in [-0.4, -0.2) is 39.4 Å². The predicted octanol–water partition coefficient (Wildman–Crippen LogP) is 3.13. The Labute approximate surface area is 143 Å². The van der Waals surface area contributed by atoms with Gasteiger partial charge in [-0.3, -0.25) is 0 Å². The van der Waals surface area contributed by atoms with Crippen LogP contribution in [0.1, 0.15) is 18.5 Å². The lowest BCUT2D eigenvalue weighted by molar-refractivity contribution is 0.153. The van der Waals surface area contributed by atoms with E-state index in [2.05, 4.69) is 10.1 Å². The number of aliphatic hydroxyl groups is 1. The molecule has 1 N–H and O–H groups in total. The van der Waals surface area contributed by atoms with Crippen LogP contribution in [0.25, 0.3) is 21.9 Å². The molecule has 1 atom stereocenters. The number of hydrogen-bond donors (Lipinski definition) is 1. The number of aryl methyl sites for hydroxylation is 1. The Bertz CT molecular complexity index is 831. The largest absolute Gasteiger partial charge is 0.391 e. The third kappa shape index (κ3) is 2.92. The zero-order valence-electron chi connectivity index (χ0n) is 13.3. The molecule has 1 saturated heterocycles. The highest BCUT2D eigenvalue weighted by Gasteiger charge is 2.22. The van der Waals surface area contributed by atoms with Crippen LogP contribution in [0.4, 0.5) is 5.95 Å². The van der Waals surface area contributed by atoms with E-state index in [0.29, 0.717) is 18.3 Å². The van der Waals surface area contributed by atoms with E-state index < -0.39 is 0 Å². The molecule has 0 aromatic carbocycles. The lowest BCUT2D eigenvalue weighted by atomic mass is 10.1. The fourth-order valence-corrected chi connectivity index (χ4v) is 3.66. The van der Waals surface area contributed by atoms with E-state index in [9.17, 15) is 5.11 Å². The van der Waals surface area contributed by atoms with Crippen LogP contribution in [-0.2, 0) is 0 Å². The Hall–Kier alpha value is -2.25. The van der Waals surface area contributed by atoms with E-state index in [-0.39, 0.29) is 6.10 Å². The van der Waals surface area contributed by atoms with Gasteiger partial charge in [0.1, 0.15) is 0 Å². The number of aromatic nitrogens is 3. The number of β-amino-alcohol motifs (C(OH)–C–C–N with tert-alkyl or cyclic N) is 1. The fraction of sp³-hybridized carbons (Fsp3) is 0.353. The summed E-state index contributed by atoms with van der Waals surface area (Å²) in [4.78, 5) is 12.4. The number of aliphatic hydroxyl groups excluding tert-OH is 1. The van der Waals surface area contributed by atoms with Crippen LogP contribution in [0, 0.1) is 6.92 Å². The SMILES string of the molecule is Cc1cc(-c2cnc(N3CCC[C@H](O)C3)nc2-c2cccs2)on1. The molecule has 7 heteroatoms. The predicted molar refractivity (Wildman–Crippen MR) is 93.0 cm³/mol. The Morgan fingerprint density at radius 2 is 2.33 bits per heavy atom. The van der Waals surface area contributed by atoms with Crippen molar-refractivity contribution in [3.05, 3.63) is 35.5 Å². The van der Waals surface area contributed by atoms with Gasteiger partial charge in [0.2, 0.25) is 5.95 Å². The van der Waals surface area contributed by atoms with E-state index in [0.717, 1.165) is 41.2 Å². The van der Waals surface area contributed by atoms with Crippen LogP contribution < -0.4 is 4.90 Å². The molecule has 0 saturated carbocycles. The molecule has 6 nitrogen and oxygen atoms in total. The third-order valence-electron chi connectivity index (χ3n) is 4.10. The van der Waals surface area contributed by atoms with E-state index in [1.54, 1.807) is 17.5 Å². The molecular formula is C17H18N4O2S. The lowest BCUT2D eigenvalue weighted by Gasteiger charge is -2.30. The van der Waals surface area contributed by atoms with Crippen LogP contribution in [0.5, 0.6) is 0 Å². The molecule has 0 aliphatic carbocycles. The Morgan fingerprint density at radius 3 is 3.04 bits per heavy atom. The van der Waals surface area contributed by atoms with Crippen LogP contribution in [0.3, 0.4) is 0 Å². The van der Waals surface area contributed by atoms with Gasteiger partial charge in [0, 0.05) is 25.4 Å². The first kappa shape index (κ1) is 15.3. The van der Waals surface area contributed by atoms with E-state index >= 15 is 0 Å². The molecule has 0 spiro atoms. The highest BCUT2D eigenvalue weighted by atomic mass is 32.1. The molecule has 1 aliphatic rings. The summed E-state index contributed by atoms with van der Waals surface area (Å²) in [5, 5.41) is 15.9. The van der Waals surface area contributed by atoms with Gasteiger partial charge in [-0.25, -0.2) is 9.97 Å². The van der Waals surface area contributed by atoms with Gasteiger partial charge in [-0.05, 0) is 31.2 Å². The van der Waals surface area contributed by atoms with E-state index in [1.807, 2.05) is 35.4 Å². The zero-order valence-corrected chi connectivity index (χ0v) is 14.2. The molecular weight excluding hydrogens is 324 g/mol. The molecule has 0 radical (unpaired) electrons. The Kier molecular flexibility index (Phi) is 4.03. The minimum Gasteiger partial charge on any atom is -0.391 e. The Morgan fingerprint density at radius 1 is 1.42 bits per heavy atom.